The highest BCUT2D eigenvalue weighted by Crippen LogP contribution is 2.33. The van der Waals surface area contributed by atoms with Crippen LogP contribution >= 0.6 is 0 Å². The number of amides is 1. The van der Waals surface area contributed by atoms with Crippen molar-refractivity contribution >= 4 is 11.6 Å². The number of aryl methyl sites for hydroxylation is 1. The first kappa shape index (κ1) is 12.9. The van der Waals surface area contributed by atoms with Crippen molar-refractivity contribution in [3.63, 3.8) is 0 Å². The van der Waals surface area contributed by atoms with Crippen LogP contribution in [0.1, 0.15) is 34.5 Å². The second-order valence-electron chi connectivity index (χ2n) is 5.22. The molecule has 0 spiro atoms. The van der Waals surface area contributed by atoms with Gasteiger partial charge in [0.25, 0.3) is 5.91 Å². The lowest BCUT2D eigenvalue weighted by Gasteiger charge is -2.22. The molecule has 3 rings (SSSR count). The van der Waals surface area contributed by atoms with E-state index in [4.69, 9.17) is 10.2 Å². The molecular formula is C16H18N2O2. The van der Waals surface area contributed by atoms with Crippen LogP contribution in [0.25, 0.3) is 0 Å². The molecule has 0 aliphatic heterocycles. The number of furan rings is 1. The Morgan fingerprint density at radius 2 is 2.05 bits per heavy atom. The Balaban J connectivity index is 1.90. The summed E-state index contributed by atoms with van der Waals surface area (Å²) in [5.41, 5.74) is 8.21. The average molecular weight is 270 g/mol. The lowest BCUT2D eigenvalue weighted by molar-refractivity contribution is 0.0984. The number of carbonyl (C=O) groups excluding carboxylic acids is 1. The van der Waals surface area contributed by atoms with Crippen LogP contribution in [0.15, 0.2) is 41.0 Å². The summed E-state index contributed by atoms with van der Waals surface area (Å²) in [6.07, 6.45) is 3.64. The van der Waals surface area contributed by atoms with E-state index in [0.29, 0.717) is 18.2 Å². The summed E-state index contributed by atoms with van der Waals surface area (Å²) in [6, 6.07) is 9.96. The molecule has 20 heavy (non-hydrogen) atoms. The van der Waals surface area contributed by atoms with Gasteiger partial charge in [-0.15, -0.1) is 0 Å². The zero-order valence-corrected chi connectivity index (χ0v) is 11.5. The van der Waals surface area contributed by atoms with Gasteiger partial charge in [-0.05, 0) is 43.5 Å². The molecule has 1 aliphatic rings. The fourth-order valence-electron chi connectivity index (χ4n) is 2.31. The highest BCUT2D eigenvalue weighted by molar-refractivity contribution is 6.06. The first-order chi connectivity index (χ1) is 9.69. The summed E-state index contributed by atoms with van der Waals surface area (Å²) in [4.78, 5) is 14.5. The Bertz CT molecular complexity index is 612. The third-order valence-electron chi connectivity index (χ3n) is 3.56. The largest absolute Gasteiger partial charge is 0.469 e. The Morgan fingerprint density at radius 3 is 2.55 bits per heavy atom. The fraction of sp³-hybridized carbons (Fsp3) is 0.312. The van der Waals surface area contributed by atoms with Crippen molar-refractivity contribution in [2.24, 2.45) is 5.73 Å². The Morgan fingerprint density at radius 1 is 1.35 bits per heavy atom. The second-order valence-corrected chi connectivity index (χ2v) is 5.22. The SMILES string of the molecule is Cc1cc(C(=O)N(c2ccc(CN)cc2)C2CC2)co1. The molecule has 1 aromatic carbocycles. The van der Waals surface area contributed by atoms with Crippen LogP contribution in [0.5, 0.6) is 0 Å². The van der Waals surface area contributed by atoms with E-state index in [-0.39, 0.29) is 5.91 Å². The van der Waals surface area contributed by atoms with Crippen LogP contribution in [0, 0.1) is 6.92 Å². The van der Waals surface area contributed by atoms with E-state index in [0.717, 1.165) is 29.9 Å². The molecule has 0 atom stereocenters. The number of hydrogen-bond acceptors (Lipinski definition) is 3. The quantitative estimate of drug-likeness (QED) is 0.929. The predicted molar refractivity (Wildman–Crippen MR) is 77.6 cm³/mol. The van der Waals surface area contributed by atoms with E-state index < -0.39 is 0 Å². The van der Waals surface area contributed by atoms with Crippen molar-refractivity contribution in [1.29, 1.82) is 0 Å². The van der Waals surface area contributed by atoms with Crippen LogP contribution in [-0.4, -0.2) is 11.9 Å². The molecule has 0 radical (unpaired) electrons. The third kappa shape index (κ3) is 2.47. The lowest BCUT2D eigenvalue weighted by atomic mass is 10.1. The molecule has 2 N–H and O–H groups in total. The van der Waals surface area contributed by atoms with E-state index in [9.17, 15) is 4.79 Å². The maximum Gasteiger partial charge on any atom is 0.261 e. The first-order valence-electron chi connectivity index (χ1n) is 6.87. The van der Waals surface area contributed by atoms with Crippen molar-refractivity contribution in [1.82, 2.24) is 0 Å². The van der Waals surface area contributed by atoms with Gasteiger partial charge in [-0.1, -0.05) is 12.1 Å². The van der Waals surface area contributed by atoms with Gasteiger partial charge in [0.15, 0.2) is 0 Å². The summed E-state index contributed by atoms with van der Waals surface area (Å²) in [6.45, 7) is 2.35. The zero-order chi connectivity index (χ0) is 14.1. The van der Waals surface area contributed by atoms with Gasteiger partial charge in [0.05, 0.1) is 5.56 Å². The number of hydrogen-bond donors (Lipinski definition) is 1. The Hall–Kier alpha value is -2.07. The molecule has 1 saturated carbocycles. The van der Waals surface area contributed by atoms with Gasteiger partial charge in [0.2, 0.25) is 0 Å². The van der Waals surface area contributed by atoms with Gasteiger partial charge in [0, 0.05) is 18.3 Å². The molecule has 1 amide bonds. The van der Waals surface area contributed by atoms with Crippen LogP contribution in [0.3, 0.4) is 0 Å². The van der Waals surface area contributed by atoms with Crippen LogP contribution in [0.4, 0.5) is 5.69 Å². The average Bonchev–Trinajstić information content (AvgIpc) is 3.20. The number of carbonyl (C=O) groups is 1. The van der Waals surface area contributed by atoms with Crippen LogP contribution < -0.4 is 10.6 Å². The van der Waals surface area contributed by atoms with Gasteiger partial charge in [-0.3, -0.25) is 4.79 Å². The van der Waals surface area contributed by atoms with E-state index in [2.05, 4.69) is 0 Å². The molecule has 0 unspecified atom stereocenters. The van der Waals surface area contributed by atoms with Crippen molar-refractivity contribution in [3.05, 3.63) is 53.5 Å². The number of rotatable bonds is 4. The first-order valence-corrected chi connectivity index (χ1v) is 6.87. The van der Waals surface area contributed by atoms with E-state index in [1.807, 2.05) is 36.1 Å². The van der Waals surface area contributed by atoms with E-state index in [1.165, 1.54) is 6.26 Å². The lowest BCUT2D eigenvalue weighted by Crippen LogP contribution is -2.32. The molecular weight excluding hydrogens is 252 g/mol. The topological polar surface area (TPSA) is 59.5 Å². The summed E-state index contributed by atoms with van der Waals surface area (Å²) >= 11 is 0. The Kier molecular flexibility index (Phi) is 3.32. The minimum absolute atomic E-state index is 0.00449. The fourth-order valence-corrected chi connectivity index (χ4v) is 2.31. The smallest absolute Gasteiger partial charge is 0.261 e. The molecule has 0 saturated heterocycles. The molecule has 1 fully saturated rings. The summed E-state index contributed by atoms with van der Waals surface area (Å²) < 4.78 is 5.24. The predicted octanol–water partition coefficient (Wildman–Crippen LogP) is 2.86. The number of benzene rings is 1. The molecule has 104 valence electrons. The summed E-state index contributed by atoms with van der Waals surface area (Å²) in [7, 11) is 0. The normalized spacial score (nSPS) is 14.3. The van der Waals surface area contributed by atoms with Gasteiger partial charge in [-0.2, -0.15) is 0 Å². The van der Waals surface area contributed by atoms with Crippen molar-refractivity contribution in [3.8, 4) is 0 Å². The molecule has 2 aromatic rings. The maximum atomic E-state index is 12.6. The highest BCUT2D eigenvalue weighted by atomic mass is 16.3. The van der Waals surface area contributed by atoms with E-state index in [1.54, 1.807) is 6.07 Å². The van der Waals surface area contributed by atoms with Crippen molar-refractivity contribution in [2.75, 3.05) is 4.90 Å². The molecule has 1 heterocycles. The van der Waals surface area contributed by atoms with Gasteiger partial charge in [-0.25, -0.2) is 0 Å². The van der Waals surface area contributed by atoms with Crippen molar-refractivity contribution < 1.29 is 9.21 Å². The number of nitrogens with two attached hydrogens (primary N) is 1. The third-order valence-corrected chi connectivity index (χ3v) is 3.56. The van der Waals surface area contributed by atoms with Gasteiger partial charge < -0.3 is 15.1 Å². The summed E-state index contributed by atoms with van der Waals surface area (Å²) in [5.74, 6) is 0.757. The zero-order valence-electron chi connectivity index (χ0n) is 11.5. The molecule has 1 aliphatic carbocycles. The highest BCUT2D eigenvalue weighted by Gasteiger charge is 2.34. The van der Waals surface area contributed by atoms with Gasteiger partial charge >= 0.3 is 0 Å². The van der Waals surface area contributed by atoms with Gasteiger partial charge in [0.1, 0.15) is 12.0 Å². The summed E-state index contributed by atoms with van der Waals surface area (Å²) in [5, 5.41) is 0. The molecule has 4 heteroatoms. The number of anilines is 1. The van der Waals surface area contributed by atoms with Crippen molar-refractivity contribution in [2.45, 2.75) is 32.4 Å². The van der Waals surface area contributed by atoms with Crippen LogP contribution in [0.2, 0.25) is 0 Å². The van der Waals surface area contributed by atoms with E-state index >= 15 is 0 Å². The molecule has 4 nitrogen and oxygen atoms in total. The maximum absolute atomic E-state index is 12.6. The molecule has 1 aromatic heterocycles. The molecule has 0 bridgehead atoms. The Labute approximate surface area is 118 Å². The number of nitrogens with zero attached hydrogens (tertiary/aromatic N) is 1. The van der Waals surface area contributed by atoms with Crippen LogP contribution in [-0.2, 0) is 6.54 Å². The minimum atomic E-state index is 0.00449. The standard InChI is InChI=1S/C16H18N2O2/c1-11-8-13(10-20-11)16(19)18(15-6-7-15)14-4-2-12(9-17)3-5-14/h2-5,8,10,15H,6-7,9,17H2,1H3. The monoisotopic (exact) mass is 270 g/mol. The minimum Gasteiger partial charge on any atom is -0.469 e. The second kappa shape index (κ2) is 5.13.